The van der Waals surface area contributed by atoms with Crippen molar-refractivity contribution in [2.75, 3.05) is 7.11 Å². The van der Waals surface area contributed by atoms with Gasteiger partial charge in [-0.25, -0.2) is 0 Å². The molecule has 4 rings (SSSR count). The predicted molar refractivity (Wildman–Crippen MR) is 144 cm³/mol. The monoisotopic (exact) mass is 493 g/mol. The van der Waals surface area contributed by atoms with Gasteiger partial charge in [0.15, 0.2) is 0 Å². The summed E-state index contributed by atoms with van der Waals surface area (Å²) in [6.45, 7) is 0.634. The Bertz CT molecular complexity index is 1260. The van der Waals surface area contributed by atoms with Crippen molar-refractivity contribution in [3.05, 3.63) is 132 Å². The maximum Gasteiger partial charge on any atom is 0.243 e. The van der Waals surface area contributed by atoms with E-state index in [2.05, 4.69) is 10.3 Å². The maximum atomic E-state index is 13.8. The minimum Gasteiger partial charge on any atom is -0.497 e. The van der Waals surface area contributed by atoms with Crippen LogP contribution in [0.4, 0.5) is 0 Å². The molecule has 0 aliphatic rings. The van der Waals surface area contributed by atoms with E-state index < -0.39 is 6.04 Å². The van der Waals surface area contributed by atoms with Gasteiger partial charge < -0.3 is 15.0 Å². The summed E-state index contributed by atoms with van der Waals surface area (Å²) < 4.78 is 5.29. The number of pyridine rings is 1. The van der Waals surface area contributed by atoms with Crippen LogP contribution in [-0.4, -0.2) is 34.8 Å². The Morgan fingerprint density at radius 3 is 2.08 bits per heavy atom. The smallest absolute Gasteiger partial charge is 0.243 e. The molecule has 0 radical (unpaired) electrons. The van der Waals surface area contributed by atoms with Crippen molar-refractivity contribution in [2.45, 2.75) is 32.0 Å². The highest BCUT2D eigenvalue weighted by Crippen LogP contribution is 2.19. The van der Waals surface area contributed by atoms with Gasteiger partial charge in [0.2, 0.25) is 11.8 Å². The van der Waals surface area contributed by atoms with Crippen LogP contribution in [-0.2, 0) is 35.5 Å². The van der Waals surface area contributed by atoms with Gasteiger partial charge in [0.1, 0.15) is 11.8 Å². The van der Waals surface area contributed by atoms with Gasteiger partial charge in [-0.2, -0.15) is 0 Å². The zero-order valence-electron chi connectivity index (χ0n) is 20.9. The molecule has 3 aromatic carbocycles. The highest BCUT2D eigenvalue weighted by Gasteiger charge is 2.30. The Hall–Kier alpha value is -4.45. The summed E-state index contributed by atoms with van der Waals surface area (Å²) in [4.78, 5) is 33.3. The molecule has 0 saturated carbocycles. The number of carbonyl (C=O) groups is 2. The Labute approximate surface area is 217 Å². The number of nitrogens with one attached hydrogen (secondary N) is 1. The van der Waals surface area contributed by atoms with Crippen molar-refractivity contribution < 1.29 is 14.3 Å². The van der Waals surface area contributed by atoms with E-state index in [0.29, 0.717) is 19.5 Å². The summed E-state index contributed by atoms with van der Waals surface area (Å²) in [7, 11) is 1.62. The number of amides is 2. The zero-order chi connectivity index (χ0) is 25.9. The highest BCUT2D eigenvalue weighted by molar-refractivity contribution is 5.88. The van der Waals surface area contributed by atoms with E-state index in [1.165, 1.54) is 0 Å². The topological polar surface area (TPSA) is 71.5 Å². The summed E-state index contributed by atoms with van der Waals surface area (Å²) in [5.41, 5.74) is 3.70. The molecule has 1 atom stereocenters. The summed E-state index contributed by atoms with van der Waals surface area (Å²) in [6, 6.07) is 30.0. The number of hydrogen-bond donors (Lipinski definition) is 1. The number of carbonyl (C=O) groups excluding carboxylic acids is 2. The van der Waals surface area contributed by atoms with Crippen LogP contribution >= 0.6 is 0 Å². The third kappa shape index (κ3) is 7.51. The quantitative estimate of drug-likeness (QED) is 0.332. The minimum absolute atomic E-state index is 0.112. The van der Waals surface area contributed by atoms with Crippen LogP contribution in [0.3, 0.4) is 0 Å². The number of benzene rings is 3. The van der Waals surface area contributed by atoms with Crippen molar-refractivity contribution in [3.63, 3.8) is 0 Å². The van der Waals surface area contributed by atoms with Crippen LogP contribution in [0.2, 0.25) is 0 Å². The van der Waals surface area contributed by atoms with Gasteiger partial charge in [-0.15, -0.1) is 0 Å². The molecule has 0 bridgehead atoms. The molecule has 6 nitrogen and oxygen atoms in total. The number of aromatic nitrogens is 1. The molecule has 1 heterocycles. The lowest BCUT2D eigenvalue weighted by Crippen LogP contribution is -2.50. The Kier molecular flexibility index (Phi) is 9.02. The average molecular weight is 494 g/mol. The summed E-state index contributed by atoms with van der Waals surface area (Å²) in [6.07, 6.45) is 4.03. The molecular formula is C31H31N3O3. The Morgan fingerprint density at radius 1 is 0.811 bits per heavy atom. The van der Waals surface area contributed by atoms with E-state index in [0.717, 1.165) is 28.0 Å². The van der Waals surface area contributed by atoms with E-state index in [-0.39, 0.29) is 18.2 Å². The van der Waals surface area contributed by atoms with Crippen LogP contribution in [0.15, 0.2) is 109 Å². The number of ether oxygens (including phenoxy) is 1. The molecule has 2 amide bonds. The van der Waals surface area contributed by atoms with Gasteiger partial charge in [-0.3, -0.25) is 14.6 Å². The van der Waals surface area contributed by atoms with Crippen LogP contribution in [0.25, 0.3) is 0 Å². The first-order chi connectivity index (χ1) is 18.1. The third-order valence-electron chi connectivity index (χ3n) is 6.17. The maximum absolute atomic E-state index is 13.8. The molecular weight excluding hydrogens is 462 g/mol. The fraction of sp³-hybridized carbons (Fsp3) is 0.194. The van der Waals surface area contributed by atoms with Crippen molar-refractivity contribution >= 4 is 11.8 Å². The second kappa shape index (κ2) is 13.0. The van der Waals surface area contributed by atoms with Crippen molar-refractivity contribution in [3.8, 4) is 5.75 Å². The summed E-state index contributed by atoms with van der Waals surface area (Å²) >= 11 is 0. The second-order valence-electron chi connectivity index (χ2n) is 8.82. The minimum atomic E-state index is -0.697. The number of nitrogens with zero attached hydrogens (tertiary/aromatic N) is 2. The molecule has 0 aliphatic heterocycles. The van der Waals surface area contributed by atoms with Crippen LogP contribution in [0.5, 0.6) is 5.75 Å². The van der Waals surface area contributed by atoms with E-state index in [4.69, 9.17) is 4.74 Å². The van der Waals surface area contributed by atoms with Crippen LogP contribution < -0.4 is 10.1 Å². The van der Waals surface area contributed by atoms with E-state index >= 15 is 0 Å². The first-order valence-electron chi connectivity index (χ1n) is 12.3. The van der Waals surface area contributed by atoms with Gasteiger partial charge in [0, 0.05) is 31.9 Å². The van der Waals surface area contributed by atoms with Crippen molar-refractivity contribution in [1.82, 2.24) is 15.2 Å². The van der Waals surface area contributed by atoms with Gasteiger partial charge >= 0.3 is 0 Å². The molecule has 1 N–H and O–H groups in total. The van der Waals surface area contributed by atoms with Crippen LogP contribution in [0.1, 0.15) is 22.3 Å². The third-order valence-corrected chi connectivity index (χ3v) is 6.17. The van der Waals surface area contributed by atoms with Gasteiger partial charge in [-0.1, -0.05) is 78.9 Å². The molecule has 4 aromatic rings. The Balaban J connectivity index is 1.64. The second-order valence-corrected chi connectivity index (χ2v) is 8.82. The average Bonchev–Trinajstić information content (AvgIpc) is 2.95. The SMILES string of the molecule is COc1ccc(CN(C(=O)Cc2ccccc2)[C@H](Cc2ccccc2)C(=O)NCc2cccnc2)cc1. The molecule has 0 unspecified atom stereocenters. The molecule has 1 aromatic heterocycles. The number of methoxy groups -OCH3 is 1. The zero-order valence-corrected chi connectivity index (χ0v) is 20.9. The van der Waals surface area contributed by atoms with Gasteiger partial charge in [0.25, 0.3) is 0 Å². The summed E-state index contributed by atoms with van der Waals surface area (Å²) in [5, 5.41) is 3.03. The lowest BCUT2D eigenvalue weighted by atomic mass is 10.0. The lowest BCUT2D eigenvalue weighted by molar-refractivity contribution is -0.140. The fourth-order valence-corrected chi connectivity index (χ4v) is 4.16. The molecule has 0 aliphatic carbocycles. The van der Waals surface area contributed by atoms with Gasteiger partial charge in [0.05, 0.1) is 13.5 Å². The highest BCUT2D eigenvalue weighted by atomic mass is 16.5. The molecule has 188 valence electrons. The molecule has 0 fully saturated rings. The Morgan fingerprint density at radius 2 is 1.46 bits per heavy atom. The van der Waals surface area contributed by atoms with Gasteiger partial charge in [-0.05, 0) is 40.5 Å². The predicted octanol–water partition coefficient (Wildman–Crippen LogP) is 4.59. The first-order valence-corrected chi connectivity index (χ1v) is 12.3. The fourth-order valence-electron chi connectivity index (χ4n) is 4.16. The molecule has 0 saturated heterocycles. The largest absolute Gasteiger partial charge is 0.497 e. The van der Waals surface area contributed by atoms with Crippen molar-refractivity contribution in [1.29, 1.82) is 0 Å². The number of hydrogen-bond acceptors (Lipinski definition) is 4. The molecule has 37 heavy (non-hydrogen) atoms. The van der Waals surface area contributed by atoms with Crippen LogP contribution in [0, 0.1) is 0 Å². The summed E-state index contributed by atoms with van der Waals surface area (Å²) in [5.74, 6) is 0.420. The first kappa shape index (κ1) is 25.6. The lowest BCUT2D eigenvalue weighted by Gasteiger charge is -2.32. The standard InChI is InChI=1S/C31H31N3O3/c1-37-28-16-14-26(15-17-28)23-34(30(35)20-25-11-6-3-7-12-25)29(19-24-9-4-2-5-10-24)31(36)33-22-27-13-8-18-32-21-27/h2-18,21,29H,19-20,22-23H2,1H3,(H,33,36)/t29-/m1/s1. The molecule has 6 heteroatoms. The normalized spacial score (nSPS) is 11.4. The molecule has 0 spiro atoms. The van der Waals surface area contributed by atoms with E-state index in [1.807, 2.05) is 97.1 Å². The van der Waals surface area contributed by atoms with E-state index in [9.17, 15) is 9.59 Å². The number of rotatable bonds is 11. The van der Waals surface area contributed by atoms with E-state index in [1.54, 1.807) is 24.4 Å². The van der Waals surface area contributed by atoms with Crippen molar-refractivity contribution in [2.24, 2.45) is 0 Å².